The van der Waals surface area contributed by atoms with Gasteiger partial charge >= 0.3 is 0 Å². The predicted octanol–water partition coefficient (Wildman–Crippen LogP) is 4.96. The Bertz CT molecular complexity index is 661. The van der Waals surface area contributed by atoms with E-state index in [4.69, 9.17) is 11.6 Å². The Morgan fingerprint density at radius 1 is 1.45 bits per heavy atom. The van der Waals surface area contributed by atoms with Gasteiger partial charge in [0.15, 0.2) is 17.3 Å². The summed E-state index contributed by atoms with van der Waals surface area (Å²) in [4.78, 5) is 10.8. The summed E-state index contributed by atoms with van der Waals surface area (Å²) in [5, 5.41) is 13.3. The second kappa shape index (κ2) is 6.02. The minimum absolute atomic E-state index is 0.0944. The third-order valence-electron chi connectivity index (χ3n) is 2.41. The van der Waals surface area contributed by atoms with Gasteiger partial charge in [-0.15, -0.1) is 11.3 Å². The van der Waals surface area contributed by atoms with E-state index < -0.39 is 27.9 Å². The Kier molecular flexibility index (Phi) is 4.56. The molecule has 0 aliphatic carbocycles. The van der Waals surface area contributed by atoms with Crippen LogP contribution in [0.25, 0.3) is 0 Å². The van der Waals surface area contributed by atoms with Gasteiger partial charge in [-0.25, -0.2) is 8.78 Å². The van der Waals surface area contributed by atoms with Crippen molar-refractivity contribution in [3.63, 3.8) is 0 Å². The van der Waals surface area contributed by atoms with E-state index >= 15 is 0 Å². The van der Waals surface area contributed by atoms with E-state index in [1.165, 1.54) is 11.3 Å². The van der Waals surface area contributed by atoms with Crippen molar-refractivity contribution < 1.29 is 13.7 Å². The van der Waals surface area contributed by atoms with Crippen molar-refractivity contribution in [3.8, 4) is 0 Å². The summed E-state index contributed by atoms with van der Waals surface area (Å²) in [5.74, 6) is -2.43. The molecule has 4 nitrogen and oxygen atoms in total. The zero-order chi connectivity index (χ0) is 14.9. The quantitative estimate of drug-likeness (QED) is 0.599. The number of nitro benzene ring substituents is 1. The summed E-state index contributed by atoms with van der Waals surface area (Å²) in [7, 11) is 0. The minimum atomic E-state index is -1.28. The molecular formula is C11H6BrClF2N2O2S. The molecule has 0 saturated heterocycles. The molecule has 0 saturated carbocycles. The third-order valence-corrected chi connectivity index (χ3v) is 4.88. The molecule has 0 unspecified atom stereocenters. The maximum Gasteiger partial charge on any atom is 0.295 e. The summed E-state index contributed by atoms with van der Waals surface area (Å²) in [6, 6.07) is 3.33. The van der Waals surface area contributed by atoms with Gasteiger partial charge in [0, 0.05) is 22.0 Å². The molecule has 1 aromatic heterocycles. The number of nitrogens with zero attached hydrogens (tertiary/aromatic N) is 1. The Morgan fingerprint density at radius 2 is 2.15 bits per heavy atom. The van der Waals surface area contributed by atoms with Gasteiger partial charge in [0.1, 0.15) is 4.34 Å². The van der Waals surface area contributed by atoms with Crippen LogP contribution in [0.4, 0.5) is 20.2 Å². The SMILES string of the molecule is O=[N+]([O-])c1ccc(F)c(F)c1NCc1cc(Br)c(Cl)s1. The van der Waals surface area contributed by atoms with E-state index in [2.05, 4.69) is 21.2 Å². The van der Waals surface area contributed by atoms with Crippen LogP contribution in [-0.2, 0) is 6.54 Å². The Labute approximate surface area is 129 Å². The molecule has 0 radical (unpaired) electrons. The van der Waals surface area contributed by atoms with Gasteiger partial charge in [-0.2, -0.15) is 0 Å². The minimum Gasteiger partial charge on any atom is -0.372 e. The van der Waals surface area contributed by atoms with Crippen molar-refractivity contribution in [3.05, 3.63) is 53.6 Å². The first-order valence-electron chi connectivity index (χ1n) is 5.20. The van der Waals surface area contributed by atoms with E-state index in [1.807, 2.05) is 0 Å². The topological polar surface area (TPSA) is 55.2 Å². The highest BCUT2D eigenvalue weighted by atomic mass is 79.9. The molecule has 2 rings (SSSR count). The number of anilines is 1. The van der Waals surface area contributed by atoms with Gasteiger partial charge in [-0.05, 0) is 28.1 Å². The molecule has 1 N–H and O–H groups in total. The molecule has 0 atom stereocenters. The zero-order valence-electron chi connectivity index (χ0n) is 9.62. The van der Waals surface area contributed by atoms with Crippen molar-refractivity contribution in [2.24, 2.45) is 0 Å². The second-order valence-electron chi connectivity index (χ2n) is 3.70. The lowest BCUT2D eigenvalue weighted by molar-refractivity contribution is -0.384. The molecule has 0 aliphatic rings. The molecule has 0 spiro atoms. The van der Waals surface area contributed by atoms with E-state index in [0.29, 0.717) is 8.81 Å². The zero-order valence-corrected chi connectivity index (χ0v) is 12.8. The summed E-state index contributed by atoms with van der Waals surface area (Å²) >= 11 is 10.3. The first kappa shape index (κ1) is 15.1. The third kappa shape index (κ3) is 3.08. The smallest absolute Gasteiger partial charge is 0.295 e. The highest BCUT2D eigenvalue weighted by Crippen LogP contribution is 2.34. The van der Waals surface area contributed by atoms with Crippen molar-refractivity contribution in [1.82, 2.24) is 0 Å². The number of nitrogens with one attached hydrogen (secondary N) is 1. The Morgan fingerprint density at radius 3 is 2.70 bits per heavy atom. The summed E-state index contributed by atoms with van der Waals surface area (Å²) in [6.45, 7) is 0.0944. The van der Waals surface area contributed by atoms with Gasteiger partial charge in [-0.3, -0.25) is 10.1 Å². The molecule has 9 heteroatoms. The first-order chi connectivity index (χ1) is 9.40. The first-order valence-corrected chi connectivity index (χ1v) is 7.19. The largest absolute Gasteiger partial charge is 0.372 e. The number of hydrogen-bond acceptors (Lipinski definition) is 4. The van der Waals surface area contributed by atoms with Crippen LogP contribution in [0, 0.1) is 21.7 Å². The maximum absolute atomic E-state index is 13.6. The number of rotatable bonds is 4. The van der Waals surface area contributed by atoms with E-state index in [1.54, 1.807) is 6.07 Å². The molecule has 106 valence electrons. The Balaban J connectivity index is 2.28. The lowest BCUT2D eigenvalue weighted by Gasteiger charge is -2.07. The van der Waals surface area contributed by atoms with Gasteiger partial charge in [-0.1, -0.05) is 11.6 Å². The van der Waals surface area contributed by atoms with Crippen LogP contribution in [0.1, 0.15) is 4.88 Å². The molecule has 20 heavy (non-hydrogen) atoms. The van der Waals surface area contributed by atoms with Crippen LogP contribution in [-0.4, -0.2) is 4.92 Å². The molecule has 1 aromatic carbocycles. The Hall–Kier alpha value is -1.25. The number of nitro groups is 1. The van der Waals surface area contributed by atoms with Crippen LogP contribution in [0.2, 0.25) is 4.34 Å². The molecule has 2 aromatic rings. The number of halogens is 4. The van der Waals surface area contributed by atoms with Crippen LogP contribution in [0.3, 0.4) is 0 Å². The van der Waals surface area contributed by atoms with Gasteiger partial charge in [0.05, 0.1) is 4.92 Å². The normalized spacial score (nSPS) is 10.6. The van der Waals surface area contributed by atoms with E-state index in [0.717, 1.165) is 17.0 Å². The van der Waals surface area contributed by atoms with Crippen molar-refractivity contribution in [1.29, 1.82) is 0 Å². The average Bonchev–Trinajstić information content (AvgIpc) is 2.70. The van der Waals surface area contributed by atoms with Crippen LogP contribution in [0.15, 0.2) is 22.7 Å². The highest BCUT2D eigenvalue weighted by molar-refractivity contribution is 9.10. The molecule has 0 aliphatic heterocycles. The summed E-state index contributed by atoms with van der Waals surface area (Å²) in [5.41, 5.74) is -0.999. The van der Waals surface area contributed by atoms with E-state index in [9.17, 15) is 18.9 Å². The van der Waals surface area contributed by atoms with Gasteiger partial charge < -0.3 is 5.32 Å². The lowest BCUT2D eigenvalue weighted by atomic mass is 10.2. The molecule has 1 heterocycles. The van der Waals surface area contributed by atoms with Crippen molar-refractivity contribution >= 4 is 50.2 Å². The van der Waals surface area contributed by atoms with Gasteiger partial charge in [0.25, 0.3) is 5.69 Å². The van der Waals surface area contributed by atoms with Crippen molar-refractivity contribution in [2.75, 3.05) is 5.32 Å². The standard InChI is InChI=1S/C11H6BrClF2N2O2S/c12-6-3-5(20-11(6)13)4-16-10-8(17(18)19)2-1-7(14)9(10)15/h1-3,16H,4H2. The maximum atomic E-state index is 13.6. The molecule has 0 amide bonds. The molecule has 0 fully saturated rings. The van der Waals surface area contributed by atoms with Gasteiger partial charge in [0.2, 0.25) is 0 Å². The molecule has 0 bridgehead atoms. The predicted molar refractivity (Wildman–Crippen MR) is 77.4 cm³/mol. The average molecular weight is 384 g/mol. The van der Waals surface area contributed by atoms with Crippen LogP contribution >= 0.6 is 38.9 Å². The molecular weight excluding hydrogens is 378 g/mol. The van der Waals surface area contributed by atoms with Crippen LogP contribution in [0.5, 0.6) is 0 Å². The summed E-state index contributed by atoms with van der Waals surface area (Å²) in [6.07, 6.45) is 0. The number of thiophene rings is 1. The fraction of sp³-hybridized carbons (Fsp3) is 0.0909. The van der Waals surface area contributed by atoms with E-state index in [-0.39, 0.29) is 6.54 Å². The van der Waals surface area contributed by atoms with Crippen LogP contribution < -0.4 is 5.32 Å². The number of benzene rings is 1. The fourth-order valence-electron chi connectivity index (χ4n) is 1.51. The second-order valence-corrected chi connectivity index (χ2v) is 6.29. The number of hydrogen-bond donors (Lipinski definition) is 1. The lowest BCUT2D eigenvalue weighted by Crippen LogP contribution is -2.05. The highest BCUT2D eigenvalue weighted by Gasteiger charge is 2.21. The fourth-order valence-corrected chi connectivity index (χ4v) is 3.25. The monoisotopic (exact) mass is 382 g/mol. The summed E-state index contributed by atoms with van der Waals surface area (Å²) < 4.78 is 28.0. The van der Waals surface area contributed by atoms with Crippen molar-refractivity contribution in [2.45, 2.75) is 6.54 Å².